The van der Waals surface area contributed by atoms with E-state index in [1.807, 2.05) is 6.92 Å². The zero-order chi connectivity index (χ0) is 10.0. The fraction of sp³-hybridized carbons (Fsp3) is 0.667. The highest BCUT2D eigenvalue weighted by Gasteiger charge is 2.26. The molecule has 0 amide bonds. The minimum atomic E-state index is -0.207. The molecule has 0 aromatic rings. The number of hydrogen-bond donors (Lipinski definition) is 1. The molecule has 0 heterocycles. The third-order valence-corrected chi connectivity index (χ3v) is 3.03. The van der Waals surface area contributed by atoms with Crippen LogP contribution in [0.3, 0.4) is 0 Å². The van der Waals surface area contributed by atoms with Crippen molar-refractivity contribution in [2.75, 3.05) is 0 Å². The molecule has 1 aliphatic carbocycles. The largest absolute Gasteiger partial charge is 0.389 e. The van der Waals surface area contributed by atoms with Crippen molar-refractivity contribution in [3.63, 3.8) is 0 Å². The molecule has 0 spiro atoms. The van der Waals surface area contributed by atoms with Crippen molar-refractivity contribution in [1.82, 2.24) is 0 Å². The van der Waals surface area contributed by atoms with Gasteiger partial charge < -0.3 is 5.11 Å². The highest BCUT2D eigenvalue weighted by atomic mass is 16.3. The van der Waals surface area contributed by atoms with E-state index < -0.39 is 0 Å². The van der Waals surface area contributed by atoms with Gasteiger partial charge in [-0.25, -0.2) is 0 Å². The van der Waals surface area contributed by atoms with Crippen molar-refractivity contribution in [2.45, 2.75) is 46.1 Å². The van der Waals surface area contributed by atoms with E-state index in [4.69, 9.17) is 0 Å². The van der Waals surface area contributed by atoms with E-state index >= 15 is 0 Å². The SMILES string of the molecule is C=C(C)C1=C(C(C)CC)C(O)CC1. The summed E-state index contributed by atoms with van der Waals surface area (Å²) in [5.41, 5.74) is 3.70. The Bertz CT molecular complexity index is 238. The second kappa shape index (κ2) is 4.10. The molecule has 0 fully saturated rings. The molecule has 1 rings (SSSR count). The van der Waals surface area contributed by atoms with Gasteiger partial charge in [0, 0.05) is 0 Å². The van der Waals surface area contributed by atoms with Gasteiger partial charge in [0.2, 0.25) is 0 Å². The molecular formula is C12H20O. The van der Waals surface area contributed by atoms with Crippen LogP contribution in [0.2, 0.25) is 0 Å². The zero-order valence-corrected chi connectivity index (χ0v) is 8.93. The fourth-order valence-electron chi connectivity index (χ4n) is 2.09. The van der Waals surface area contributed by atoms with Gasteiger partial charge in [-0.15, -0.1) is 0 Å². The predicted octanol–water partition coefficient (Wildman–Crippen LogP) is 3.06. The molecule has 0 aromatic carbocycles. The lowest BCUT2D eigenvalue weighted by Gasteiger charge is -2.17. The second-order valence-electron chi connectivity index (χ2n) is 4.08. The van der Waals surface area contributed by atoms with Gasteiger partial charge >= 0.3 is 0 Å². The summed E-state index contributed by atoms with van der Waals surface area (Å²) in [7, 11) is 0. The molecule has 2 atom stereocenters. The van der Waals surface area contributed by atoms with Crippen LogP contribution < -0.4 is 0 Å². The molecule has 13 heavy (non-hydrogen) atoms. The first-order valence-electron chi connectivity index (χ1n) is 5.14. The van der Waals surface area contributed by atoms with E-state index in [9.17, 15) is 5.11 Å². The van der Waals surface area contributed by atoms with Crippen LogP contribution in [0.25, 0.3) is 0 Å². The summed E-state index contributed by atoms with van der Waals surface area (Å²) in [6.45, 7) is 10.4. The Labute approximate surface area is 81.2 Å². The number of aliphatic hydroxyl groups excluding tert-OH is 1. The van der Waals surface area contributed by atoms with E-state index in [0.717, 1.165) is 24.8 Å². The molecule has 0 bridgehead atoms. The van der Waals surface area contributed by atoms with Crippen molar-refractivity contribution in [2.24, 2.45) is 5.92 Å². The highest BCUT2D eigenvalue weighted by molar-refractivity contribution is 5.38. The van der Waals surface area contributed by atoms with Crippen LogP contribution in [0.4, 0.5) is 0 Å². The first-order chi connectivity index (χ1) is 6.07. The Morgan fingerprint density at radius 3 is 2.77 bits per heavy atom. The highest BCUT2D eigenvalue weighted by Crippen LogP contribution is 2.36. The third kappa shape index (κ3) is 2.02. The zero-order valence-electron chi connectivity index (χ0n) is 8.93. The summed E-state index contributed by atoms with van der Waals surface area (Å²) in [6.07, 6.45) is 2.79. The van der Waals surface area contributed by atoms with Gasteiger partial charge in [-0.2, -0.15) is 0 Å². The first kappa shape index (κ1) is 10.5. The Morgan fingerprint density at radius 2 is 2.31 bits per heavy atom. The molecule has 74 valence electrons. The van der Waals surface area contributed by atoms with Gasteiger partial charge in [0.25, 0.3) is 0 Å². The van der Waals surface area contributed by atoms with E-state index in [1.165, 1.54) is 11.1 Å². The quantitative estimate of drug-likeness (QED) is 0.707. The van der Waals surface area contributed by atoms with E-state index in [-0.39, 0.29) is 6.10 Å². The first-order valence-corrected chi connectivity index (χ1v) is 5.14. The maximum absolute atomic E-state index is 9.81. The molecule has 1 N–H and O–H groups in total. The molecule has 1 nitrogen and oxygen atoms in total. The lowest BCUT2D eigenvalue weighted by atomic mass is 9.92. The Morgan fingerprint density at radius 1 is 1.69 bits per heavy atom. The van der Waals surface area contributed by atoms with Crippen LogP contribution in [-0.2, 0) is 0 Å². The molecule has 2 unspecified atom stereocenters. The van der Waals surface area contributed by atoms with Gasteiger partial charge in [0.1, 0.15) is 0 Å². The summed E-state index contributed by atoms with van der Waals surface area (Å²) < 4.78 is 0. The fourth-order valence-corrected chi connectivity index (χ4v) is 2.09. The van der Waals surface area contributed by atoms with Gasteiger partial charge in [0.05, 0.1) is 6.10 Å². The molecule has 1 heteroatoms. The maximum atomic E-state index is 9.81. The van der Waals surface area contributed by atoms with Crippen LogP contribution in [0.15, 0.2) is 23.3 Å². The van der Waals surface area contributed by atoms with Crippen molar-refractivity contribution in [1.29, 1.82) is 0 Å². The minimum Gasteiger partial charge on any atom is -0.389 e. The van der Waals surface area contributed by atoms with Crippen LogP contribution >= 0.6 is 0 Å². The predicted molar refractivity (Wildman–Crippen MR) is 56.5 cm³/mol. The normalized spacial score (nSPS) is 25.1. The molecule has 0 aliphatic heterocycles. The Kier molecular flexibility index (Phi) is 3.32. The van der Waals surface area contributed by atoms with Crippen LogP contribution in [-0.4, -0.2) is 11.2 Å². The summed E-state index contributed by atoms with van der Waals surface area (Å²) in [5, 5.41) is 9.81. The number of rotatable bonds is 3. The maximum Gasteiger partial charge on any atom is 0.0761 e. The standard InChI is InChI=1S/C12H20O/c1-5-9(4)12-10(8(2)3)6-7-11(12)13/h9,11,13H,2,5-7H2,1,3-4H3. The van der Waals surface area contributed by atoms with Crippen molar-refractivity contribution in [3.8, 4) is 0 Å². The number of aliphatic hydroxyl groups is 1. The lowest BCUT2D eigenvalue weighted by Crippen LogP contribution is -2.12. The second-order valence-corrected chi connectivity index (χ2v) is 4.08. The Balaban J connectivity index is 2.96. The third-order valence-electron chi connectivity index (χ3n) is 3.03. The summed E-state index contributed by atoms with van der Waals surface area (Å²) >= 11 is 0. The average Bonchev–Trinajstić information content (AvgIpc) is 2.46. The molecule has 0 radical (unpaired) electrons. The molecule has 0 saturated heterocycles. The average molecular weight is 180 g/mol. The van der Waals surface area contributed by atoms with Crippen molar-refractivity contribution >= 4 is 0 Å². The van der Waals surface area contributed by atoms with Gasteiger partial charge in [-0.05, 0) is 43.3 Å². The van der Waals surface area contributed by atoms with Gasteiger partial charge in [-0.1, -0.05) is 26.0 Å². The van der Waals surface area contributed by atoms with Crippen LogP contribution in [0, 0.1) is 5.92 Å². The number of allylic oxidation sites excluding steroid dienone is 2. The number of hydrogen-bond acceptors (Lipinski definition) is 1. The summed E-state index contributed by atoms with van der Waals surface area (Å²) in [4.78, 5) is 0. The topological polar surface area (TPSA) is 20.2 Å². The van der Waals surface area contributed by atoms with E-state index in [2.05, 4.69) is 20.4 Å². The molecule has 1 aliphatic rings. The van der Waals surface area contributed by atoms with Gasteiger partial charge in [0.15, 0.2) is 0 Å². The van der Waals surface area contributed by atoms with E-state index in [0.29, 0.717) is 5.92 Å². The van der Waals surface area contributed by atoms with Crippen molar-refractivity contribution < 1.29 is 5.11 Å². The molecule has 0 saturated carbocycles. The van der Waals surface area contributed by atoms with Crippen molar-refractivity contribution in [3.05, 3.63) is 23.3 Å². The lowest BCUT2D eigenvalue weighted by molar-refractivity contribution is 0.200. The molecule has 0 aromatic heterocycles. The van der Waals surface area contributed by atoms with Crippen LogP contribution in [0.1, 0.15) is 40.0 Å². The minimum absolute atomic E-state index is 0.207. The summed E-state index contributed by atoms with van der Waals surface area (Å²) in [6, 6.07) is 0. The van der Waals surface area contributed by atoms with E-state index in [1.54, 1.807) is 0 Å². The monoisotopic (exact) mass is 180 g/mol. The van der Waals surface area contributed by atoms with Crippen LogP contribution in [0.5, 0.6) is 0 Å². The molecular weight excluding hydrogens is 160 g/mol. The Hall–Kier alpha value is -0.560. The van der Waals surface area contributed by atoms with Gasteiger partial charge in [-0.3, -0.25) is 0 Å². The smallest absolute Gasteiger partial charge is 0.0761 e. The summed E-state index contributed by atoms with van der Waals surface area (Å²) in [5.74, 6) is 0.504.